The van der Waals surface area contributed by atoms with Gasteiger partial charge in [-0.1, -0.05) is 31.0 Å². The molecule has 1 fully saturated rings. The van der Waals surface area contributed by atoms with Crippen LogP contribution in [-0.2, 0) is 11.3 Å². The second-order valence-electron chi connectivity index (χ2n) is 4.61. The van der Waals surface area contributed by atoms with Crippen LogP contribution >= 0.6 is 11.6 Å². The van der Waals surface area contributed by atoms with Crippen LogP contribution in [0.25, 0.3) is 0 Å². The molecule has 1 saturated heterocycles. The van der Waals surface area contributed by atoms with Gasteiger partial charge in [0.05, 0.1) is 10.7 Å². The average molecular weight is 253 g/mol. The molecule has 3 nitrogen and oxygen atoms in total. The van der Waals surface area contributed by atoms with E-state index < -0.39 is 0 Å². The molecule has 0 saturated carbocycles. The summed E-state index contributed by atoms with van der Waals surface area (Å²) in [6.07, 6.45) is 1.74. The SMILES string of the molecule is CCC1CC(=O)N(Cc2ccc(Cl)c(N)c2)C1. The van der Waals surface area contributed by atoms with Crippen LogP contribution in [-0.4, -0.2) is 17.4 Å². The lowest BCUT2D eigenvalue weighted by molar-refractivity contribution is -0.128. The lowest BCUT2D eigenvalue weighted by atomic mass is 10.1. The summed E-state index contributed by atoms with van der Waals surface area (Å²) in [4.78, 5) is 13.7. The lowest BCUT2D eigenvalue weighted by Crippen LogP contribution is -2.24. The second kappa shape index (κ2) is 4.96. The Hall–Kier alpha value is -1.22. The number of nitrogens with two attached hydrogens (primary N) is 1. The molecular weight excluding hydrogens is 236 g/mol. The first-order valence-electron chi connectivity index (χ1n) is 5.91. The Balaban J connectivity index is 2.06. The number of nitrogens with zero attached hydrogens (tertiary/aromatic N) is 1. The monoisotopic (exact) mass is 252 g/mol. The maximum atomic E-state index is 11.8. The molecule has 92 valence electrons. The second-order valence-corrected chi connectivity index (χ2v) is 5.02. The number of anilines is 1. The van der Waals surface area contributed by atoms with Gasteiger partial charge in [0.15, 0.2) is 0 Å². The molecule has 1 amide bonds. The minimum atomic E-state index is 0.241. The summed E-state index contributed by atoms with van der Waals surface area (Å²) in [5.41, 5.74) is 7.36. The van der Waals surface area contributed by atoms with Crippen molar-refractivity contribution in [1.29, 1.82) is 0 Å². The average Bonchev–Trinajstić information content (AvgIpc) is 2.65. The minimum absolute atomic E-state index is 0.241. The fraction of sp³-hybridized carbons (Fsp3) is 0.462. The number of hydrogen-bond acceptors (Lipinski definition) is 2. The maximum Gasteiger partial charge on any atom is 0.223 e. The molecule has 2 rings (SSSR count). The third-order valence-corrected chi connectivity index (χ3v) is 3.65. The van der Waals surface area contributed by atoms with Crippen molar-refractivity contribution in [2.75, 3.05) is 12.3 Å². The maximum absolute atomic E-state index is 11.8. The third-order valence-electron chi connectivity index (χ3n) is 3.31. The molecule has 1 aliphatic rings. The number of benzene rings is 1. The van der Waals surface area contributed by atoms with E-state index in [4.69, 9.17) is 17.3 Å². The van der Waals surface area contributed by atoms with E-state index in [1.54, 1.807) is 6.07 Å². The lowest BCUT2D eigenvalue weighted by Gasteiger charge is -2.17. The van der Waals surface area contributed by atoms with Crippen LogP contribution in [0.15, 0.2) is 18.2 Å². The number of amides is 1. The first-order valence-corrected chi connectivity index (χ1v) is 6.29. The molecule has 17 heavy (non-hydrogen) atoms. The highest BCUT2D eigenvalue weighted by Crippen LogP contribution is 2.24. The van der Waals surface area contributed by atoms with Crippen molar-refractivity contribution in [2.24, 2.45) is 5.92 Å². The standard InChI is InChI=1S/C13H17ClN2O/c1-2-9-6-13(17)16(7-9)8-10-3-4-11(14)12(15)5-10/h3-5,9H,2,6-8,15H2,1H3. The number of rotatable bonds is 3. The highest BCUT2D eigenvalue weighted by atomic mass is 35.5. The first kappa shape index (κ1) is 12.2. The summed E-state index contributed by atoms with van der Waals surface area (Å²) in [5, 5.41) is 0.563. The fourth-order valence-electron chi connectivity index (χ4n) is 2.19. The number of carbonyl (C=O) groups excluding carboxylic acids is 1. The molecule has 1 heterocycles. The summed E-state index contributed by atoms with van der Waals surface area (Å²) in [5.74, 6) is 0.748. The van der Waals surface area contributed by atoms with Crippen LogP contribution in [0.5, 0.6) is 0 Å². The summed E-state index contributed by atoms with van der Waals surface area (Å²) < 4.78 is 0. The van der Waals surface area contributed by atoms with Crippen molar-refractivity contribution in [3.05, 3.63) is 28.8 Å². The van der Waals surface area contributed by atoms with Gasteiger partial charge in [-0.15, -0.1) is 0 Å². The van der Waals surface area contributed by atoms with Crippen LogP contribution in [0.1, 0.15) is 25.3 Å². The highest BCUT2D eigenvalue weighted by molar-refractivity contribution is 6.33. The Morgan fingerprint density at radius 1 is 1.53 bits per heavy atom. The van der Waals surface area contributed by atoms with Crippen LogP contribution in [0.2, 0.25) is 5.02 Å². The van der Waals surface area contributed by atoms with Gasteiger partial charge in [0.1, 0.15) is 0 Å². The summed E-state index contributed by atoms with van der Waals surface area (Å²) >= 11 is 5.87. The number of carbonyl (C=O) groups is 1. The number of halogens is 1. The van der Waals surface area contributed by atoms with Crippen LogP contribution in [0.3, 0.4) is 0 Å². The van der Waals surface area contributed by atoms with Crippen molar-refractivity contribution in [2.45, 2.75) is 26.3 Å². The molecule has 0 spiro atoms. The van der Waals surface area contributed by atoms with Gasteiger partial charge in [0.25, 0.3) is 0 Å². The Bertz CT molecular complexity index is 433. The Labute approximate surface area is 107 Å². The smallest absolute Gasteiger partial charge is 0.223 e. The van der Waals surface area contributed by atoms with Crippen LogP contribution in [0, 0.1) is 5.92 Å². The molecule has 0 aromatic heterocycles. The quantitative estimate of drug-likeness (QED) is 0.841. The van der Waals surface area contributed by atoms with Crippen molar-refractivity contribution < 1.29 is 4.79 Å². The van der Waals surface area contributed by atoms with Crippen molar-refractivity contribution >= 4 is 23.2 Å². The van der Waals surface area contributed by atoms with E-state index in [1.165, 1.54) is 0 Å². The van der Waals surface area contributed by atoms with E-state index in [9.17, 15) is 4.79 Å². The molecule has 0 bridgehead atoms. The summed E-state index contributed by atoms with van der Waals surface area (Å²) in [6, 6.07) is 5.55. The molecule has 1 atom stereocenters. The predicted molar refractivity (Wildman–Crippen MR) is 69.7 cm³/mol. The Kier molecular flexibility index (Phi) is 3.57. The van der Waals surface area contributed by atoms with Crippen molar-refractivity contribution in [3.63, 3.8) is 0 Å². The van der Waals surface area contributed by atoms with Crippen molar-refractivity contribution in [1.82, 2.24) is 4.90 Å². The number of hydrogen-bond donors (Lipinski definition) is 1. The van der Waals surface area contributed by atoms with Crippen molar-refractivity contribution in [3.8, 4) is 0 Å². The van der Waals surface area contributed by atoms with Gasteiger partial charge in [0.2, 0.25) is 5.91 Å². The van der Waals surface area contributed by atoms with E-state index >= 15 is 0 Å². The van der Waals surface area contributed by atoms with Gasteiger partial charge in [-0.25, -0.2) is 0 Å². The van der Waals surface area contributed by atoms with Gasteiger partial charge in [-0.05, 0) is 23.6 Å². The third kappa shape index (κ3) is 2.72. The largest absolute Gasteiger partial charge is 0.398 e. The zero-order valence-electron chi connectivity index (χ0n) is 9.95. The summed E-state index contributed by atoms with van der Waals surface area (Å²) in [6.45, 7) is 3.62. The van der Waals surface area contributed by atoms with Crippen LogP contribution in [0.4, 0.5) is 5.69 Å². The minimum Gasteiger partial charge on any atom is -0.398 e. The van der Waals surface area contributed by atoms with Gasteiger partial charge in [-0.2, -0.15) is 0 Å². The number of likely N-dealkylation sites (tertiary alicyclic amines) is 1. The molecule has 1 aliphatic heterocycles. The molecule has 2 N–H and O–H groups in total. The first-order chi connectivity index (χ1) is 8.10. The van der Waals surface area contributed by atoms with Gasteiger partial charge >= 0.3 is 0 Å². The predicted octanol–water partition coefficient (Wildman–Crippen LogP) is 2.68. The highest BCUT2D eigenvalue weighted by Gasteiger charge is 2.28. The zero-order valence-corrected chi connectivity index (χ0v) is 10.7. The molecule has 1 aromatic rings. The Morgan fingerprint density at radius 3 is 2.88 bits per heavy atom. The fourth-order valence-corrected chi connectivity index (χ4v) is 2.31. The normalized spacial score (nSPS) is 20.0. The molecule has 1 aromatic carbocycles. The summed E-state index contributed by atoms with van der Waals surface area (Å²) in [7, 11) is 0. The molecule has 0 radical (unpaired) electrons. The van der Waals surface area contributed by atoms with E-state index in [2.05, 4.69) is 6.92 Å². The van der Waals surface area contributed by atoms with Crippen LogP contribution < -0.4 is 5.73 Å². The van der Waals surface area contributed by atoms with E-state index in [-0.39, 0.29) is 5.91 Å². The van der Waals surface area contributed by atoms with E-state index in [0.29, 0.717) is 29.6 Å². The molecule has 0 aliphatic carbocycles. The zero-order chi connectivity index (χ0) is 12.4. The molecule has 4 heteroatoms. The van der Waals surface area contributed by atoms with E-state index in [1.807, 2.05) is 17.0 Å². The Morgan fingerprint density at radius 2 is 2.29 bits per heavy atom. The number of nitrogen functional groups attached to an aromatic ring is 1. The van der Waals surface area contributed by atoms with Gasteiger partial charge in [0, 0.05) is 19.5 Å². The van der Waals surface area contributed by atoms with Gasteiger partial charge < -0.3 is 10.6 Å². The topological polar surface area (TPSA) is 46.3 Å². The molecule has 1 unspecified atom stereocenters. The molecular formula is C13H17ClN2O. The van der Waals surface area contributed by atoms with E-state index in [0.717, 1.165) is 18.5 Å². The van der Waals surface area contributed by atoms with Gasteiger partial charge in [-0.3, -0.25) is 4.79 Å².